The molecular weight excluding hydrogens is 354 g/mol. The number of hydrazine groups is 1. The van der Waals surface area contributed by atoms with Gasteiger partial charge in [0.1, 0.15) is 0 Å². The van der Waals surface area contributed by atoms with Crippen molar-refractivity contribution in [2.24, 2.45) is 5.10 Å². The maximum atomic E-state index is 12.9. The Labute approximate surface area is 163 Å². The first-order valence-electron chi connectivity index (χ1n) is 8.88. The number of hydrazone groups is 1. The van der Waals surface area contributed by atoms with Crippen LogP contribution in [0.25, 0.3) is 0 Å². The van der Waals surface area contributed by atoms with E-state index in [1.165, 1.54) is 5.01 Å². The summed E-state index contributed by atoms with van der Waals surface area (Å²) in [5.74, 6) is -0.571. The van der Waals surface area contributed by atoms with Crippen LogP contribution in [0.3, 0.4) is 0 Å². The van der Waals surface area contributed by atoms with Gasteiger partial charge in [0.2, 0.25) is 0 Å². The van der Waals surface area contributed by atoms with Crippen molar-refractivity contribution in [3.63, 3.8) is 0 Å². The molecule has 0 saturated carbocycles. The quantitative estimate of drug-likeness (QED) is 0.433. The normalized spacial score (nSPS) is 15.4. The molecule has 1 aliphatic heterocycles. The van der Waals surface area contributed by atoms with E-state index in [0.29, 0.717) is 33.9 Å². The molecular formula is C21H23N5O2. The second-order valence-corrected chi connectivity index (χ2v) is 6.77. The number of nitrogens with zero attached hydrogens (tertiary/aromatic N) is 2. The van der Waals surface area contributed by atoms with Crippen molar-refractivity contribution in [1.82, 2.24) is 10.9 Å². The summed E-state index contributed by atoms with van der Waals surface area (Å²) in [4.78, 5) is 25.1. The molecule has 0 unspecified atom stereocenters. The molecule has 2 aromatic carbocycles. The number of allylic oxidation sites excluding steroid dienone is 1. The first-order chi connectivity index (χ1) is 13.3. The number of carbonyl (C=O) groups excluding carboxylic acids is 2. The zero-order valence-corrected chi connectivity index (χ0v) is 16.3. The summed E-state index contributed by atoms with van der Waals surface area (Å²) in [6, 6.07) is 12.3. The third-order valence-electron chi connectivity index (χ3n) is 4.66. The lowest BCUT2D eigenvalue weighted by Gasteiger charge is -2.15. The summed E-state index contributed by atoms with van der Waals surface area (Å²) >= 11 is 0. The average Bonchev–Trinajstić information content (AvgIpc) is 2.96. The van der Waals surface area contributed by atoms with Crippen molar-refractivity contribution >= 4 is 28.9 Å². The molecule has 2 amide bonds. The summed E-state index contributed by atoms with van der Waals surface area (Å²) in [7, 11) is 0. The average molecular weight is 377 g/mol. The van der Waals surface area contributed by atoms with Gasteiger partial charge in [-0.2, -0.15) is 10.1 Å². The van der Waals surface area contributed by atoms with Gasteiger partial charge in [-0.25, -0.2) is 0 Å². The van der Waals surface area contributed by atoms with E-state index in [4.69, 9.17) is 5.73 Å². The van der Waals surface area contributed by atoms with Gasteiger partial charge in [0.05, 0.1) is 17.0 Å². The number of carbonyl (C=O) groups is 2. The standard InChI is InChI=1S/C21H23N5O2/c1-12-5-10-18(11-13(12)2)26-21(28)19(15(4)25-26)14(3)23-24-20(27)16-6-8-17(22)9-7-16/h5-11,23H,22H2,1-4H3,(H,24,27)/b19-14-. The lowest BCUT2D eigenvalue weighted by molar-refractivity contribution is -0.114. The molecule has 2 aromatic rings. The van der Waals surface area contributed by atoms with Gasteiger partial charge in [-0.15, -0.1) is 0 Å². The third-order valence-corrected chi connectivity index (χ3v) is 4.66. The predicted molar refractivity (Wildman–Crippen MR) is 111 cm³/mol. The smallest absolute Gasteiger partial charge is 0.282 e. The Hall–Kier alpha value is -3.61. The summed E-state index contributed by atoms with van der Waals surface area (Å²) in [5, 5.41) is 5.76. The minimum Gasteiger partial charge on any atom is -0.399 e. The Morgan fingerprint density at radius 2 is 1.68 bits per heavy atom. The van der Waals surface area contributed by atoms with E-state index in [1.54, 1.807) is 38.1 Å². The summed E-state index contributed by atoms with van der Waals surface area (Å²) in [6.45, 7) is 7.50. The molecule has 0 atom stereocenters. The number of nitrogens with one attached hydrogen (secondary N) is 2. The highest BCUT2D eigenvalue weighted by Crippen LogP contribution is 2.26. The maximum Gasteiger partial charge on any atom is 0.282 e. The minimum absolute atomic E-state index is 0.243. The molecule has 4 N–H and O–H groups in total. The van der Waals surface area contributed by atoms with Gasteiger partial charge < -0.3 is 11.2 Å². The van der Waals surface area contributed by atoms with Crippen LogP contribution < -0.4 is 21.6 Å². The molecule has 1 heterocycles. The lowest BCUT2D eigenvalue weighted by atomic mass is 10.1. The Bertz CT molecular complexity index is 1010. The van der Waals surface area contributed by atoms with Gasteiger partial charge in [0.25, 0.3) is 11.8 Å². The highest BCUT2D eigenvalue weighted by Gasteiger charge is 2.31. The fourth-order valence-corrected chi connectivity index (χ4v) is 2.89. The molecule has 0 bridgehead atoms. The van der Waals surface area contributed by atoms with Crippen LogP contribution in [0.2, 0.25) is 0 Å². The van der Waals surface area contributed by atoms with Gasteiger partial charge in [-0.3, -0.25) is 15.0 Å². The third kappa shape index (κ3) is 3.73. The Morgan fingerprint density at radius 1 is 1.00 bits per heavy atom. The minimum atomic E-state index is -0.328. The fourth-order valence-electron chi connectivity index (χ4n) is 2.89. The van der Waals surface area contributed by atoms with E-state index in [1.807, 2.05) is 32.0 Å². The number of nitrogens with two attached hydrogens (primary N) is 1. The maximum absolute atomic E-state index is 12.9. The van der Waals surface area contributed by atoms with Crippen LogP contribution in [0.4, 0.5) is 11.4 Å². The molecule has 0 saturated heterocycles. The highest BCUT2D eigenvalue weighted by atomic mass is 16.2. The molecule has 0 aliphatic carbocycles. The molecule has 1 aliphatic rings. The molecule has 7 heteroatoms. The van der Waals surface area contributed by atoms with Gasteiger partial charge in [-0.1, -0.05) is 6.07 Å². The van der Waals surface area contributed by atoms with Crippen molar-refractivity contribution in [3.05, 3.63) is 70.4 Å². The highest BCUT2D eigenvalue weighted by molar-refractivity contribution is 6.30. The Kier molecular flexibility index (Phi) is 5.17. The lowest BCUT2D eigenvalue weighted by Crippen LogP contribution is -2.37. The SMILES string of the molecule is CC1=NN(c2ccc(C)c(C)c2)C(=O)/C1=C(/C)NNC(=O)c1ccc(N)cc1. The molecule has 0 spiro atoms. The van der Waals surface area contributed by atoms with Crippen LogP contribution in [0, 0.1) is 13.8 Å². The number of aryl methyl sites for hydroxylation is 2. The summed E-state index contributed by atoms with van der Waals surface area (Å²) in [6.07, 6.45) is 0. The van der Waals surface area contributed by atoms with Gasteiger partial charge >= 0.3 is 0 Å². The topological polar surface area (TPSA) is 99.8 Å². The van der Waals surface area contributed by atoms with Gasteiger partial charge in [0, 0.05) is 16.9 Å². The van der Waals surface area contributed by atoms with Crippen molar-refractivity contribution in [2.45, 2.75) is 27.7 Å². The van der Waals surface area contributed by atoms with Crippen LogP contribution in [0.15, 0.2) is 58.8 Å². The zero-order chi connectivity index (χ0) is 20.4. The van der Waals surface area contributed by atoms with E-state index in [2.05, 4.69) is 16.0 Å². The number of rotatable bonds is 4. The number of hydrogen-bond acceptors (Lipinski definition) is 5. The van der Waals surface area contributed by atoms with Gasteiger partial charge in [0.15, 0.2) is 0 Å². The molecule has 7 nitrogen and oxygen atoms in total. The first-order valence-corrected chi connectivity index (χ1v) is 8.88. The van der Waals surface area contributed by atoms with E-state index in [0.717, 1.165) is 11.1 Å². The molecule has 0 aromatic heterocycles. The van der Waals surface area contributed by atoms with Crippen LogP contribution in [-0.4, -0.2) is 17.5 Å². The first kappa shape index (κ1) is 19.2. The second kappa shape index (κ2) is 7.56. The zero-order valence-electron chi connectivity index (χ0n) is 16.3. The fraction of sp³-hybridized carbons (Fsp3) is 0.190. The van der Waals surface area contributed by atoms with Crippen LogP contribution in [0.1, 0.15) is 35.3 Å². The van der Waals surface area contributed by atoms with E-state index >= 15 is 0 Å². The Balaban J connectivity index is 1.76. The number of anilines is 2. The van der Waals surface area contributed by atoms with E-state index in [9.17, 15) is 9.59 Å². The van der Waals surface area contributed by atoms with Crippen molar-refractivity contribution < 1.29 is 9.59 Å². The number of benzene rings is 2. The molecule has 144 valence electrons. The Morgan fingerprint density at radius 3 is 2.32 bits per heavy atom. The van der Waals surface area contributed by atoms with E-state index in [-0.39, 0.29) is 11.8 Å². The predicted octanol–water partition coefficient (Wildman–Crippen LogP) is 2.82. The monoisotopic (exact) mass is 377 g/mol. The molecule has 28 heavy (non-hydrogen) atoms. The van der Waals surface area contributed by atoms with Crippen LogP contribution >= 0.6 is 0 Å². The molecule has 0 fully saturated rings. The number of nitrogen functional groups attached to an aromatic ring is 1. The largest absolute Gasteiger partial charge is 0.399 e. The summed E-state index contributed by atoms with van der Waals surface area (Å²) in [5.41, 5.74) is 16.5. The number of hydrogen-bond donors (Lipinski definition) is 3. The van der Waals surface area contributed by atoms with Crippen molar-refractivity contribution in [1.29, 1.82) is 0 Å². The van der Waals surface area contributed by atoms with Crippen molar-refractivity contribution in [3.8, 4) is 0 Å². The van der Waals surface area contributed by atoms with Crippen LogP contribution in [-0.2, 0) is 4.79 Å². The van der Waals surface area contributed by atoms with Crippen molar-refractivity contribution in [2.75, 3.05) is 10.7 Å². The van der Waals surface area contributed by atoms with Crippen LogP contribution in [0.5, 0.6) is 0 Å². The molecule has 0 radical (unpaired) electrons. The number of amides is 2. The van der Waals surface area contributed by atoms with E-state index < -0.39 is 0 Å². The second-order valence-electron chi connectivity index (χ2n) is 6.77. The van der Waals surface area contributed by atoms with Gasteiger partial charge in [-0.05, 0) is 75.2 Å². The summed E-state index contributed by atoms with van der Waals surface area (Å²) < 4.78 is 0. The molecule has 3 rings (SSSR count).